The maximum Gasteiger partial charge on any atom is 0.307 e. The minimum atomic E-state index is -0.752. The van der Waals surface area contributed by atoms with Crippen LogP contribution in [0.4, 0.5) is 4.39 Å². The third kappa shape index (κ3) is 1.51. The van der Waals surface area contributed by atoms with E-state index in [0.29, 0.717) is 6.42 Å². The Bertz CT molecular complexity index is 410. The van der Waals surface area contributed by atoms with Crippen LogP contribution in [0.1, 0.15) is 25.8 Å². The molecule has 2 rings (SSSR count). The lowest BCUT2D eigenvalue weighted by atomic mass is 9.83. The molecule has 16 heavy (non-hydrogen) atoms. The number of hydrogen-bond acceptors (Lipinski definition) is 1. The van der Waals surface area contributed by atoms with Gasteiger partial charge in [0.1, 0.15) is 5.82 Å². The van der Waals surface area contributed by atoms with Crippen molar-refractivity contribution in [3.05, 3.63) is 35.6 Å². The van der Waals surface area contributed by atoms with Gasteiger partial charge in [-0.2, -0.15) is 0 Å². The molecule has 1 aliphatic carbocycles. The second-order valence-electron chi connectivity index (χ2n) is 4.80. The molecule has 0 saturated heterocycles. The Morgan fingerprint density at radius 1 is 1.44 bits per heavy atom. The molecule has 1 unspecified atom stereocenters. The van der Waals surface area contributed by atoms with Crippen LogP contribution in [0.5, 0.6) is 0 Å². The lowest BCUT2D eigenvalue weighted by Crippen LogP contribution is -2.21. The molecule has 1 aromatic carbocycles. The third-order valence-corrected chi connectivity index (χ3v) is 3.71. The summed E-state index contributed by atoms with van der Waals surface area (Å²) in [5.41, 5.74) is 0.649. The molecule has 0 spiro atoms. The van der Waals surface area contributed by atoms with Gasteiger partial charge in [-0.25, -0.2) is 4.39 Å². The molecule has 0 heterocycles. The number of carboxylic acids is 1. The van der Waals surface area contributed by atoms with E-state index in [9.17, 15) is 9.18 Å². The number of aliphatic carboxylic acids is 1. The number of carbonyl (C=O) groups is 1. The van der Waals surface area contributed by atoms with Gasteiger partial charge in [-0.15, -0.1) is 0 Å². The van der Waals surface area contributed by atoms with Crippen LogP contribution in [0.15, 0.2) is 24.3 Å². The highest BCUT2D eigenvalue weighted by Gasteiger charge is 2.61. The van der Waals surface area contributed by atoms with Crippen LogP contribution in [-0.4, -0.2) is 11.1 Å². The fourth-order valence-electron chi connectivity index (χ4n) is 2.64. The first kappa shape index (κ1) is 11.1. The summed E-state index contributed by atoms with van der Waals surface area (Å²) < 4.78 is 12.8. The van der Waals surface area contributed by atoms with Gasteiger partial charge in [0, 0.05) is 5.41 Å². The summed E-state index contributed by atoms with van der Waals surface area (Å²) in [5, 5.41) is 9.08. The average Bonchev–Trinajstić information content (AvgIpc) is 2.95. The van der Waals surface area contributed by atoms with Crippen LogP contribution >= 0.6 is 0 Å². The first-order chi connectivity index (χ1) is 7.48. The fourth-order valence-corrected chi connectivity index (χ4v) is 2.64. The molecule has 1 N–H and O–H groups in total. The van der Waals surface area contributed by atoms with E-state index in [4.69, 9.17) is 5.11 Å². The van der Waals surface area contributed by atoms with Crippen LogP contribution in [0.3, 0.4) is 0 Å². The quantitative estimate of drug-likeness (QED) is 0.853. The molecule has 2 atom stereocenters. The summed E-state index contributed by atoms with van der Waals surface area (Å²) in [6.07, 6.45) is 0.658. The number of halogens is 1. The molecular weight excluding hydrogens is 207 g/mol. The smallest absolute Gasteiger partial charge is 0.307 e. The molecular formula is C13H15FO2. The Morgan fingerprint density at radius 3 is 2.38 bits per heavy atom. The molecule has 3 heteroatoms. The monoisotopic (exact) mass is 222 g/mol. The molecule has 86 valence electrons. The molecule has 1 saturated carbocycles. The normalized spacial score (nSPS) is 28.1. The Morgan fingerprint density at radius 2 is 2.00 bits per heavy atom. The van der Waals surface area contributed by atoms with E-state index in [1.807, 2.05) is 13.8 Å². The molecule has 0 radical (unpaired) electrons. The van der Waals surface area contributed by atoms with E-state index in [1.54, 1.807) is 12.1 Å². The SMILES string of the molecule is CC(C)C1(c2ccc(F)cc2)C[C@H]1C(=O)O. The van der Waals surface area contributed by atoms with Gasteiger partial charge < -0.3 is 5.11 Å². The highest BCUT2D eigenvalue weighted by Crippen LogP contribution is 2.59. The molecule has 0 bridgehead atoms. The van der Waals surface area contributed by atoms with Crippen LogP contribution in [0, 0.1) is 17.7 Å². The molecule has 1 aliphatic rings. The van der Waals surface area contributed by atoms with E-state index in [1.165, 1.54) is 12.1 Å². The Balaban J connectivity index is 2.36. The summed E-state index contributed by atoms with van der Waals surface area (Å²) in [5.74, 6) is -1.11. The van der Waals surface area contributed by atoms with Crippen molar-refractivity contribution in [3.63, 3.8) is 0 Å². The van der Waals surface area contributed by atoms with Gasteiger partial charge in [-0.3, -0.25) is 4.79 Å². The number of benzene rings is 1. The van der Waals surface area contributed by atoms with Crippen LogP contribution in [0.25, 0.3) is 0 Å². The lowest BCUT2D eigenvalue weighted by Gasteiger charge is -2.21. The van der Waals surface area contributed by atoms with Crippen molar-refractivity contribution < 1.29 is 14.3 Å². The lowest BCUT2D eigenvalue weighted by molar-refractivity contribution is -0.139. The van der Waals surface area contributed by atoms with Crippen LogP contribution in [-0.2, 0) is 10.2 Å². The Kier molecular flexibility index (Phi) is 2.49. The van der Waals surface area contributed by atoms with Gasteiger partial charge in [-0.05, 0) is 30.0 Å². The molecule has 0 aromatic heterocycles. The van der Waals surface area contributed by atoms with Crippen molar-refractivity contribution in [2.45, 2.75) is 25.7 Å². The van der Waals surface area contributed by atoms with E-state index in [-0.39, 0.29) is 23.1 Å². The minimum absolute atomic E-state index is 0.249. The zero-order chi connectivity index (χ0) is 11.9. The molecule has 0 amide bonds. The maximum absolute atomic E-state index is 12.8. The molecule has 2 nitrogen and oxygen atoms in total. The second-order valence-corrected chi connectivity index (χ2v) is 4.80. The first-order valence-electron chi connectivity index (χ1n) is 5.47. The van der Waals surface area contributed by atoms with Gasteiger partial charge in [0.15, 0.2) is 0 Å². The largest absolute Gasteiger partial charge is 0.481 e. The van der Waals surface area contributed by atoms with Crippen molar-refractivity contribution in [2.24, 2.45) is 11.8 Å². The highest BCUT2D eigenvalue weighted by atomic mass is 19.1. The summed E-state index contributed by atoms with van der Waals surface area (Å²) in [6.45, 7) is 4.04. The summed E-state index contributed by atoms with van der Waals surface area (Å²) in [6, 6.07) is 6.21. The number of hydrogen-bond donors (Lipinski definition) is 1. The van der Waals surface area contributed by atoms with Gasteiger partial charge in [0.05, 0.1) is 5.92 Å². The van der Waals surface area contributed by atoms with Gasteiger partial charge in [0.2, 0.25) is 0 Å². The average molecular weight is 222 g/mol. The van der Waals surface area contributed by atoms with Crippen LogP contribution < -0.4 is 0 Å². The van der Waals surface area contributed by atoms with E-state index in [0.717, 1.165) is 5.56 Å². The summed E-state index contributed by atoms with van der Waals surface area (Å²) in [4.78, 5) is 11.0. The Labute approximate surface area is 94.1 Å². The third-order valence-electron chi connectivity index (χ3n) is 3.71. The molecule has 0 aliphatic heterocycles. The number of rotatable bonds is 3. The van der Waals surface area contributed by atoms with Crippen molar-refractivity contribution in [3.8, 4) is 0 Å². The maximum atomic E-state index is 12.8. The zero-order valence-electron chi connectivity index (χ0n) is 9.40. The highest BCUT2D eigenvalue weighted by molar-refractivity contribution is 5.77. The van der Waals surface area contributed by atoms with E-state index < -0.39 is 5.97 Å². The van der Waals surface area contributed by atoms with Gasteiger partial charge in [0.25, 0.3) is 0 Å². The topological polar surface area (TPSA) is 37.3 Å². The summed E-state index contributed by atoms with van der Waals surface area (Å²) in [7, 11) is 0. The molecule has 1 aromatic rings. The second kappa shape index (κ2) is 3.58. The van der Waals surface area contributed by atoms with Crippen molar-refractivity contribution in [1.29, 1.82) is 0 Å². The predicted octanol–water partition coefficient (Wildman–Crippen LogP) is 2.82. The number of carboxylic acid groups (broad SMARTS) is 1. The van der Waals surface area contributed by atoms with Crippen molar-refractivity contribution in [1.82, 2.24) is 0 Å². The van der Waals surface area contributed by atoms with Gasteiger partial charge >= 0.3 is 5.97 Å². The Hall–Kier alpha value is -1.38. The standard InChI is InChI=1S/C13H15FO2/c1-8(2)13(7-11(13)12(15)16)9-3-5-10(14)6-4-9/h3-6,8,11H,7H2,1-2H3,(H,15,16)/t11-,13?/m0/s1. The zero-order valence-corrected chi connectivity index (χ0v) is 9.40. The van der Waals surface area contributed by atoms with E-state index in [2.05, 4.69) is 0 Å². The molecule has 1 fully saturated rings. The first-order valence-corrected chi connectivity index (χ1v) is 5.47. The van der Waals surface area contributed by atoms with Gasteiger partial charge in [-0.1, -0.05) is 26.0 Å². The van der Waals surface area contributed by atoms with Crippen molar-refractivity contribution >= 4 is 5.97 Å². The van der Waals surface area contributed by atoms with Crippen molar-refractivity contribution in [2.75, 3.05) is 0 Å². The summed E-state index contributed by atoms with van der Waals surface area (Å²) >= 11 is 0. The van der Waals surface area contributed by atoms with Crippen LogP contribution in [0.2, 0.25) is 0 Å². The van der Waals surface area contributed by atoms with E-state index >= 15 is 0 Å². The fraction of sp³-hybridized carbons (Fsp3) is 0.462. The minimum Gasteiger partial charge on any atom is -0.481 e. The predicted molar refractivity (Wildman–Crippen MR) is 58.7 cm³/mol.